The van der Waals surface area contributed by atoms with Gasteiger partial charge in [-0.25, -0.2) is 9.59 Å². The number of hydrogen-bond donors (Lipinski definition) is 1. The lowest BCUT2D eigenvalue weighted by Crippen LogP contribution is -2.42. The van der Waals surface area contributed by atoms with Crippen molar-refractivity contribution in [3.05, 3.63) is 90.0 Å². The third-order valence-electron chi connectivity index (χ3n) is 7.66. The van der Waals surface area contributed by atoms with Gasteiger partial charge in [-0.2, -0.15) is 0 Å². The number of hydrogen-bond acceptors (Lipinski definition) is 6. The lowest BCUT2D eigenvalue weighted by Gasteiger charge is -2.32. The summed E-state index contributed by atoms with van der Waals surface area (Å²) in [6, 6.07) is 24.3. The summed E-state index contributed by atoms with van der Waals surface area (Å²) in [6.07, 6.45) is 5.37. The molecule has 0 radical (unpaired) electrons. The van der Waals surface area contributed by atoms with Gasteiger partial charge in [-0.1, -0.05) is 48.5 Å². The molecule has 1 saturated carbocycles. The molecule has 0 unspecified atom stereocenters. The minimum Gasteiger partial charge on any atom is -0.466 e. The number of methoxy groups -OCH3 is 2. The molecule has 2 amide bonds. The van der Waals surface area contributed by atoms with E-state index in [-0.39, 0.29) is 17.9 Å². The van der Waals surface area contributed by atoms with Crippen molar-refractivity contribution in [2.45, 2.75) is 38.3 Å². The van der Waals surface area contributed by atoms with Gasteiger partial charge in [0.1, 0.15) is 0 Å². The standard InChI is InChI=1S/C34H39N3O5/c1-36(2)30-19-15-27(16-20-30)26-11-8-25(9-12-26)23-37(31-7-5-6-24(22-31)10-21-32(38)41-3)33(39)28-13-17-29(18-14-28)35-34(40)42-4/h5-12,15-16,19-22,28-29H,13-14,17-18,23H2,1-4H3,(H,35,40)/b21-10+/t28-,29+. The number of benzene rings is 3. The van der Waals surface area contributed by atoms with Crippen LogP contribution in [-0.4, -0.2) is 52.3 Å². The zero-order chi connectivity index (χ0) is 30.1. The molecule has 0 aromatic heterocycles. The van der Waals surface area contributed by atoms with Crippen molar-refractivity contribution in [1.29, 1.82) is 0 Å². The number of esters is 1. The first-order valence-electron chi connectivity index (χ1n) is 14.2. The topological polar surface area (TPSA) is 88.2 Å². The summed E-state index contributed by atoms with van der Waals surface area (Å²) in [6.45, 7) is 0.406. The Hall–Kier alpha value is -4.59. The highest BCUT2D eigenvalue weighted by molar-refractivity contribution is 5.95. The van der Waals surface area contributed by atoms with E-state index < -0.39 is 12.1 Å². The average Bonchev–Trinajstić information content (AvgIpc) is 3.03. The smallest absolute Gasteiger partial charge is 0.407 e. The zero-order valence-electron chi connectivity index (χ0n) is 24.7. The van der Waals surface area contributed by atoms with Gasteiger partial charge in [-0.15, -0.1) is 0 Å². The number of nitrogens with zero attached hydrogens (tertiary/aromatic N) is 2. The summed E-state index contributed by atoms with van der Waals surface area (Å²) in [5, 5.41) is 2.86. The molecule has 1 fully saturated rings. The first kappa shape index (κ1) is 30.4. The molecule has 8 heteroatoms. The molecule has 0 spiro atoms. The normalized spacial score (nSPS) is 16.5. The van der Waals surface area contributed by atoms with Crippen LogP contribution < -0.4 is 15.1 Å². The van der Waals surface area contributed by atoms with Crippen molar-refractivity contribution in [2.24, 2.45) is 5.92 Å². The third-order valence-corrected chi connectivity index (χ3v) is 7.66. The lowest BCUT2D eigenvalue weighted by molar-refractivity contribution is -0.134. The summed E-state index contributed by atoms with van der Waals surface area (Å²) >= 11 is 0. The largest absolute Gasteiger partial charge is 0.466 e. The molecule has 220 valence electrons. The molecule has 3 aromatic rings. The van der Waals surface area contributed by atoms with Gasteiger partial charge in [0, 0.05) is 43.5 Å². The van der Waals surface area contributed by atoms with Crippen LogP contribution in [-0.2, 0) is 25.6 Å². The monoisotopic (exact) mass is 569 g/mol. The quantitative estimate of drug-likeness (QED) is 0.249. The van der Waals surface area contributed by atoms with Crippen molar-refractivity contribution in [1.82, 2.24) is 5.32 Å². The minimum atomic E-state index is -0.444. The predicted octanol–water partition coefficient (Wildman–Crippen LogP) is 6.05. The van der Waals surface area contributed by atoms with Gasteiger partial charge in [0.15, 0.2) is 0 Å². The minimum absolute atomic E-state index is 0.000993. The number of amides is 2. The molecule has 8 nitrogen and oxygen atoms in total. The van der Waals surface area contributed by atoms with Crippen LogP contribution >= 0.6 is 0 Å². The second-order valence-electron chi connectivity index (χ2n) is 10.7. The van der Waals surface area contributed by atoms with Crippen LogP contribution in [0.3, 0.4) is 0 Å². The van der Waals surface area contributed by atoms with E-state index in [1.807, 2.05) is 43.3 Å². The number of nitrogens with one attached hydrogen (secondary N) is 1. The summed E-state index contributed by atoms with van der Waals surface area (Å²) in [7, 11) is 6.73. The highest BCUT2D eigenvalue weighted by Crippen LogP contribution is 2.30. The van der Waals surface area contributed by atoms with Crippen LogP contribution in [0.1, 0.15) is 36.8 Å². The molecule has 0 atom stereocenters. The summed E-state index contributed by atoms with van der Waals surface area (Å²) < 4.78 is 9.45. The van der Waals surface area contributed by atoms with Crippen molar-refractivity contribution in [3.8, 4) is 11.1 Å². The molecule has 42 heavy (non-hydrogen) atoms. The SMILES string of the molecule is COC(=O)/C=C/c1cccc(N(Cc2ccc(-c3ccc(N(C)C)cc3)cc2)C(=O)[C@H]2CC[C@@H](NC(=O)OC)CC2)c1. The maximum Gasteiger partial charge on any atom is 0.407 e. The highest BCUT2D eigenvalue weighted by Gasteiger charge is 2.31. The van der Waals surface area contributed by atoms with E-state index in [1.54, 1.807) is 6.08 Å². The number of carbonyl (C=O) groups excluding carboxylic acids is 3. The van der Waals surface area contributed by atoms with Crippen LogP contribution in [0.15, 0.2) is 78.9 Å². The Kier molecular flexibility index (Phi) is 10.4. The maximum absolute atomic E-state index is 14.0. The van der Waals surface area contributed by atoms with E-state index in [4.69, 9.17) is 9.47 Å². The van der Waals surface area contributed by atoms with E-state index in [0.717, 1.165) is 33.6 Å². The molecule has 0 saturated heterocycles. The Morgan fingerprint density at radius 2 is 1.48 bits per heavy atom. The first-order valence-corrected chi connectivity index (χ1v) is 14.2. The van der Waals surface area contributed by atoms with E-state index in [2.05, 4.69) is 58.7 Å². The molecular weight excluding hydrogens is 530 g/mol. The Bertz CT molecular complexity index is 1390. The van der Waals surface area contributed by atoms with Crippen molar-refractivity contribution in [2.75, 3.05) is 38.1 Å². The Morgan fingerprint density at radius 1 is 0.833 bits per heavy atom. The van der Waals surface area contributed by atoms with Gasteiger partial charge in [-0.05, 0) is 78.3 Å². The molecule has 4 rings (SSSR count). The van der Waals surface area contributed by atoms with Gasteiger partial charge in [0.25, 0.3) is 0 Å². The highest BCUT2D eigenvalue weighted by atomic mass is 16.5. The molecule has 0 bridgehead atoms. The second-order valence-corrected chi connectivity index (χ2v) is 10.7. The fourth-order valence-corrected chi connectivity index (χ4v) is 5.19. The van der Waals surface area contributed by atoms with Crippen molar-refractivity contribution in [3.63, 3.8) is 0 Å². The Labute approximate surface area is 247 Å². The van der Waals surface area contributed by atoms with E-state index >= 15 is 0 Å². The maximum atomic E-state index is 14.0. The van der Waals surface area contributed by atoms with Gasteiger partial charge >= 0.3 is 12.1 Å². The number of anilines is 2. The first-order chi connectivity index (χ1) is 20.3. The Balaban J connectivity index is 1.55. The third kappa shape index (κ3) is 8.00. The van der Waals surface area contributed by atoms with Crippen LogP contribution in [0, 0.1) is 5.92 Å². The molecule has 1 N–H and O–H groups in total. The zero-order valence-corrected chi connectivity index (χ0v) is 24.7. The van der Waals surface area contributed by atoms with Gasteiger partial charge in [0.05, 0.1) is 20.8 Å². The van der Waals surface area contributed by atoms with Gasteiger partial charge in [0.2, 0.25) is 5.91 Å². The second kappa shape index (κ2) is 14.3. The predicted molar refractivity (Wildman–Crippen MR) is 166 cm³/mol. The molecule has 0 aliphatic heterocycles. The number of alkyl carbamates (subject to hydrolysis) is 1. The summed E-state index contributed by atoms with van der Waals surface area (Å²) in [4.78, 5) is 41.2. The fraction of sp³-hybridized carbons (Fsp3) is 0.324. The summed E-state index contributed by atoms with van der Waals surface area (Å²) in [5.74, 6) is -0.560. The van der Waals surface area contributed by atoms with Crippen LogP contribution in [0.4, 0.5) is 16.2 Å². The number of carbonyl (C=O) groups is 3. The molecular formula is C34H39N3O5. The molecule has 1 aliphatic carbocycles. The van der Waals surface area contributed by atoms with Crippen LogP contribution in [0.25, 0.3) is 17.2 Å². The van der Waals surface area contributed by atoms with Crippen molar-refractivity contribution >= 4 is 35.4 Å². The van der Waals surface area contributed by atoms with E-state index in [1.165, 1.54) is 20.3 Å². The number of ether oxygens (including phenoxy) is 2. The van der Waals surface area contributed by atoms with Gasteiger partial charge in [-0.3, -0.25) is 4.79 Å². The summed E-state index contributed by atoms with van der Waals surface area (Å²) in [5.41, 5.74) is 5.93. The average molecular weight is 570 g/mol. The molecule has 0 heterocycles. The fourth-order valence-electron chi connectivity index (χ4n) is 5.19. The number of rotatable bonds is 9. The van der Waals surface area contributed by atoms with E-state index in [9.17, 15) is 14.4 Å². The Morgan fingerprint density at radius 3 is 2.07 bits per heavy atom. The molecule has 3 aromatic carbocycles. The van der Waals surface area contributed by atoms with Crippen LogP contribution in [0.2, 0.25) is 0 Å². The van der Waals surface area contributed by atoms with Crippen molar-refractivity contribution < 1.29 is 23.9 Å². The lowest BCUT2D eigenvalue weighted by atomic mass is 9.85. The van der Waals surface area contributed by atoms with E-state index in [0.29, 0.717) is 32.2 Å². The molecule has 1 aliphatic rings. The van der Waals surface area contributed by atoms with Gasteiger partial charge < -0.3 is 24.6 Å². The van der Waals surface area contributed by atoms with Crippen LogP contribution in [0.5, 0.6) is 0 Å².